The first-order valence-corrected chi connectivity index (χ1v) is 10.3. The molecule has 27 heavy (non-hydrogen) atoms. The van der Waals surface area contributed by atoms with Crippen LogP contribution in [0.15, 0.2) is 9.59 Å². The molecule has 1 atom stereocenters. The van der Waals surface area contributed by atoms with E-state index in [-0.39, 0.29) is 71.4 Å². The molecule has 1 aromatic heterocycles. The second kappa shape index (κ2) is 13.7. The average molecular weight is 465 g/mol. The third-order valence-corrected chi connectivity index (χ3v) is 4.24. The number of anilines is 1. The maximum absolute atomic E-state index is 12.2. The maximum Gasteiger partial charge on any atom is 1.00 e. The normalized spacial score (nSPS) is 12.0. The fourth-order valence-corrected chi connectivity index (χ4v) is 2.96. The number of rotatable bonds is 10. The van der Waals surface area contributed by atoms with Gasteiger partial charge in [0.1, 0.15) is 0 Å². The molecule has 0 aromatic carbocycles. The van der Waals surface area contributed by atoms with Crippen LogP contribution in [0.1, 0.15) is 0 Å². The predicted molar refractivity (Wildman–Crippen MR) is 83.5 cm³/mol. The van der Waals surface area contributed by atoms with Crippen LogP contribution in [0.25, 0.3) is 0 Å². The zero-order valence-electron chi connectivity index (χ0n) is 14.6. The summed E-state index contributed by atoms with van der Waals surface area (Å²) in [6.07, 6.45) is 0.716. The standard InChI is InChI=1S/C9H15N3O10S3.2Na/c1-25(19,20)10-6-7(13)11(2-4-23-22-21-16)9(15)12(8(6)14)3-5-24(17)18;;/h10,14,16H,2-5H2,1H3,(H,17,18);;/q;2*+1/p-2. The largest absolute Gasteiger partial charge is 1.00 e. The van der Waals surface area contributed by atoms with Crippen molar-refractivity contribution < 1.29 is 96.0 Å². The van der Waals surface area contributed by atoms with Gasteiger partial charge < -0.3 is 14.9 Å². The van der Waals surface area contributed by atoms with E-state index in [4.69, 9.17) is 0 Å². The summed E-state index contributed by atoms with van der Waals surface area (Å²) in [6, 6.07) is 0. The van der Waals surface area contributed by atoms with Gasteiger partial charge in [0.2, 0.25) is 15.9 Å². The van der Waals surface area contributed by atoms with Crippen molar-refractivity contribution in [1.29, 1.82) is 0 Å². The Morgan fingerprint density at radius 3 is 2.33 bits per heavy atom. The molecular formula is C9H13N3Na2O10S3. The van der Waals surface area contributed by atoms with Gasteiger partial charge >= 0.3 is 64.8 Å². The van der Waals surface area contributed by atoms with E-state index in [2.05, 4.69) is 9.37 Å². The molecule has 0 bridgehead atoms. The summed E-state index contributed by atoms with van der Waals surface area (Å²) in [7, 11) is -3.98. The Kier molecular flexibility index (Phi) is 15.1. The van der Waals surface area contributed by atoms with Crippen LogP contribution >= 0.6 is 12.0 Å². The minimum atomic E-state index is -3.98. The van der Waals surface area contributed by atoms with E-state index in [0.717, 1.165) is 0 Å². The van der Waals surface area contributed by atoms with Crippen LogP contribution in [0.4, 0.5) is 5.69 Å². The van der Waals surface area contributed by atoms with E-state index in [0.29, 0.717) is 27.4 Å². The van der Waals surface area contributed by atoms with Crippen molar-refractivity contribution in [1.82, 2.24) is 9.13 Å². The molecule has 0 spiro atoms. The van der Waals surface area contributed by atoms with Crippen LogP contribution in [-0.2, 0) is 43.6 Å². The van der Waals surface area contributed by atoms with Crippen LogP contribution < -0.4 is 80.3 Å². The number of hydrogen-bond donors (Lipinski definition) is 2. The molecular weight excluding hydrogens is 452 g/mol. The average Bonchev–Trinajstić information content (AvgIpc) is 2.49. The Hall–Kier alpha value is 0.570. The van der Waals surface area contributed by atoms with E-state index in [1.807, 2.05) is 0 Å². The second-order valence-electron chi connectivity index (χ2n) is 4.43. The quantitative estimate of drug-likeness (QED) is 0.0832. The Morgan fingerprint density at radius 1 is 1.26 bits per heavy atom. The van der Waals surface area contributed by atoms with Crippen molar-refractivity contribution in [3.05, 3.63) is 20.8 Å². The first kappa shape index (κ1) is 29.8. The third-order valence-electron chi connectivity index (χ3n) is 2.64. The molecule has 0 fully saturated rings. The molecule has 144 valence electrons. The zero-order valence-corrected chi connectivity index (χ0v) is 21.0. The van der Waals surface area contributed by atoms with Gasteiger partial charge in [0.15, 0.2) is 5.69 Å². The molecule has 1 heterocycles. The first-order valence-electron chi connectivity index (χ1n) is 6.27. The van der Waals surface area contributed by atoms with Gasteiger partial charge in [-0.15, -0.1) is 0 Å². The van der Waals surface area contributed by atoms with Crippen LogP contribution in [0.2, 0.25) is 0 Å². The number of hydrogen-bond acceptors (Lipinski definition) is 11. The molecule has 0 aliphatic heterocycles. The van der Waals surface area contributed by atoms with E-state index >= 15 is 0 Å². The number of aromatic hydroxyl groups is 1. The summed E-state index contributed by atoms with van der Waals surface area (Å²) >= 11 is -2.08. The van der Waals surface area contributed by atoms with E-state index in [9.17, 15) is 37.1 Å². The number of sulfonamides is 1. The van der Waals surface area contributed by atoms with E-state index in [1.165, 1.54) is 0 Å². The molecule has 18 heteroatoms. The Morgan fingerprint density at radius 2 is 1.85 bits per heavy atom. The number of nitrogens with zero attached hydrogens (tertiary/aromatic N) is 2. The Bertz CT molecular complexity index is 856. The molecule has 0 saturated carbocycles. The number of nitrogens with one attached hydrogen (secondary N) is 1. The summed E-state index contributed by atoms with van der Waals surface area (Å²) in [5, 5.41) is 22.8. The summed E-state index contributed by atoms with van der Waals surface area (Å²) < 4.78 is 50.8. The molecule has 13 nitrogen and oxygen atoms in total. The Balaban J connectivity index is 0. The zero-order chi connectivity index (χ0) is 19.2. The van der Waals surface area contributed by atoms with E-state index < -0.39 is 56.2 Å². The Labute approximate surface area is 204 Å². The molecule has 1 aromatic rings. The third kappa shape index (κ3) is 9.75. The van der Waals surface area contributed by atoms with Crippen LogP contribution in [-0.4, -0.2) is 49.2 Å². The minimum Gasteiger partial charge on any atom is -0.772 e. The van der Waals surface area contributed by atoms with Crippen molar-refractivity contribution in [2.24, 2.45) is 0 Å². The van der Waals surface area contributed by atoms with Gasteiger partial charge in [0.05, 0.1) is 6.26 Å². The molecule has 0 saturated heterocycles. The van der Waals surface area contributed by atoms with Crippen LogP contribution in [0.3, 0.4) is 0 Å². The summed E-state index contributed by atoms with van der Waals surface area (Å²) in [4.78, 5) is 24.5. The van der Waals surface area contributed by atoms with Crippen LogP contribution in [0.5, 0.6) is 5.88 Å². The number of aromatic nitrogens is 2. The van der Waals surface area contributed by atoms with E-state index in [1.54, 1.807) is 4.72 Å². The molecule has 0 aliphatic rings. The maximum atomic E-state index is 12.2. The van der Waals surface area contributed by atoms with Crippen molar-refractivity contribution >= 4 is 38.8 Å². The van der Waals surface area contributed by atoms with Gasteiger partial charge in [-0.25, -0.2) is 13.2 Å². The summed E-state index contributed by atoms with van der Waals surface area (Å²) in [5.74, 6) is -1.70. The fourth-order valence-electron chi connectivity index (χ4n) is 1.71. The van der Waals surface area contributed by atoms with Crippen molar-refractivity contribution in [3.8, 4) is 5.88 Å². The van der Waals surface area contributed by atoms with Gasteiger partial charge in [0, 0.05) is 36.6 Å². The summed E-state index contributed by atoms with van der Waals surface area (Å²) in [5.41, 5.74) is -3.04. The SMILES string of the molecule is CS(=O)(=O)Nc1c(O)n(CCS(=O)[O-])c(=O)n(CCSOO[O-])c1=O.[Na+].[Na+]. The minimum absolute atomic E-state index is 0. The van der Waals surface area contributed by atoms with Crippen molar-refractivity contribution in [2.45, 2.75) is 13.1 Å². The van der Waals surface area contributed by atoms with Gasteiger partial charge in [-0.3, -0.25) is 27.9 Å². The smallest absolute Gasteiger partial charge is 0.772 e. The van der Waals surface area contributed by atoms with Gasteiger partial charge in [-0.2, -0.15) is 4.33 Å². The van der Waals surface area contributed by atoms with Gasteiger partial charge in [0.25, 0.3) is 5.56 Å². The molecule has 1 unspecified atom stereocenters. The van der Waals surface area contributed by atoms with Gasteiger partial charge in [-0.1, -0.05) is 11.1 Å². The fraction of sp³-hybridized carbons (Fsp3) is 0.556. The first-order chi connectivity index (χ1) is 11.6. The predicted octanol–water partition coefficient (Wildman–Crippen LogP) is -9.15. The molecule has 0 aliphatic carbocycles. The second-order valence-corrected chi connectivity index (χ2v) is 7.97. The molecule has 1 rings (SSSR count). The summed E-state index contributed by atoms with van der Waals surface area (Å²) in [6.45, 7) is -0.863. The molecule has 2 N–H and O–H groups in total. The van der Waals surface area contributed by atoms with Crippen molar-refractivity contribution in [3.63, 3.8) is 0 Å². The van der Waals surface area contributed by atoms with Crippen LogP contribution in [0, 0.1) is 0 Å². The molecule has 0 amide bonds. The monoisotopic (exact) mass is 465 g/mol. The van der Waals surface area contributed by atoms with Crippen molar-refractivity contribution in [2.75, 3.05) is 22.5 Å². The topological polar surface area (TPSA) is 192 Å². The molecule has 0 radical (unpaired) electrons. The van der Waals surface area contributed by atoms with Gasteiger partial charge in [-0.05, 0) is 0 Å².